The second kappa shape index (κ2) is 5.23. The average molecular weight is 264 g/mol. The van der Waals surface area contributed by atoms with Crippen LogP contribution in [0.5, 0.6) is 0 Å². The minimum atomic E-state index is 0.0213. The number of nitrogens with two attached hydrogens (primary N) is 1. The molecule has 0 atom stereocenters. The fourth-order valence-electron chi connectivity index (χ4n) is 2.57. The van der Waals surface area contributed by atoms with Gasteiger partial charge in [0.2, 0.25) is 5.91 Å². The van der Waals surface area contributed by atoms with Gasteiger partial charge in [-0.2, -0.15) is 5.10 Å². The van der Waals surface area contributed by atoms with Crippen molar-refractivity contribution in [2.24, 2.45) is 5.41 Å². The molecule has 1 saturated carbocycles. The Morgan fingerprint density at radius 1 is 1.47 bits per heavy atom. The molecule has 1 aliphatic rings. The van der Waals surface area contributed by atoms with Crippen molar-refractivity contribution in [3.05, 3.63) is 11.4 Å². The average Bonchev–Trinajstić information content (AvgIpc) is 3.09. The molecule has 2 rings (SSSR count). The predicted octanol–water partition coefficient (Wildman–Crippen LogP) is 1.78. The van der Waals surface area contributed by atoms with E-state index in [9.17, 15) is 4.79 Å². The topological polar surface area (TPSA) is 72.9 Å². The SMILES string of the molecule is CCCC1(CNC(=O)Cn2nc(C)c(N)c2C)CC1. The van der Waals surface area contributed by atoms with Gasteiger partial charge in [-0.15, -0.1) is 0 Å². The first-order chi connectivity index (χ1) is 8.97. The van der Waals surface area contributed by atoms with Gasteiger partial charge in [-0.3, -0.25) is 9.48 Å². The minimum absolute atomic E-state index is 0.0213. The van der Waals surface area contributed by atoms with Crippen molar-refractivity contribution in [3.63, 3.8) is 0 Å². The first-order valence-electron chi connectivity index (χ1n) is 7.03. The molecule has 0 bridgehead atoms. The number of nitrogens with one attached hydrogen (secondary N) is 1. The van der Waals surface area contributed by atoms with Crippen LogP contribution in [0, 0.1) is 19.3 Å². The third-order valence-corrected chi connectivity index (χ3v) is 4.13. The number of nitrogens with zero attached hydrogens (tertiary/aromatic N) is 2. The second-order valence-electron chi connectivity index (χ2n) is 5.77. The third-order valence-electron chi connectivity index (χ3n) is 4.13. The summed E-state index contributed by atoms with van der Waals surface area (Å²) in [5.74, 6) is 0.0213. The van der Waals surface area contributed by atoms with E-state index in [2.05, 4.69) is 17.3 Å². The lowest BCUT2D eigenvalue weighted by Crippen LogP contribution is -2.33. The number of amides is 1. The number of nitrogen functional groups attached to an aromatic ring is 1. The van der Waals surface area contributed by atoms with E-state index in [1.165, 1.54) is 25.7 Å². The lowest BCUT2D eigenvalue weighted by molar-refractivity contribution is -0.122. The molecule has 1 aromatic heterocycles. The molecule has 5 heteroatoms. The molecule has 106 valence electrons. The van der Waals surface area contributed by atoms with Gasteiger partial charge < -0.3 is 11.1 Å². The highest BCUT2D eigenvalue weighted by molar-refractivity contribution is 5.76. The molecular weight excluding hydrogens is 240 g/mol. The Bertz CT molecular complexity index is 474. The molecule has 0 radical (unpaired) electrons. The molecule has 5 nitrogen and oxygen atoms in total. The summed E-state index contributed by atoms with van der Waals surface area (Å²) in [7, 11) is 0. The number of anilines is 1. The van der Waals surface area contributed by atoms with Crippen molar-refractivity contribution < 1.29 is 4.79 Å². The van der Waals surface area contributed by atoms with Crippen molar-refractivity contribution in [1.82, 2.24) is 15.1 Å². The molecule has 3 N–H and O–H groups in total. The van der Waals surface area contributed by atoms with Crippen molar-refractivity contribution in [1.29, 1.82) is 0 Å². The molecule has 0 aliphatic heterocycles. The maximum Gasteiger partial charge on any atom is 0.241 e. The summed E-state index contributed by atoms with van der Waals surface area (Å²) in [6.07, 6.45) is 4.88. The summed E-state index contributed by atoms with van der Waals surface area (Å²) in [6, 6.07) is 0. The van der Waals surface area contributed by atoms with Crippen LogP contribution in [0.15, 0.2) is 0 Å². The van der Waals surface area contributed by atoms with Crippen LogP contribution in [0.2, 0.25) is 0 Å². The van der Waals surface area contributed by atoms with E-state index in [-0.39, 0.29) is 12.5 Å². The van der Waals surface area contributed by atoms with Crippen LogP contribution in [0.4, 0.5) is 5.69 Å². The quantitative estimate of drug-likeness (QED) is 0.822. The highest BCUT2D eigenvalue weighted by Gasteiger charge is 2.41. The van der Waals surface area contributed by atoms with Crippen molar-refractivity contribution >= 4 is 11.6 Å². The fourth-order valence-corrected chi connectivity index (χ4v) is 2.57. The second-order valence-corrected chi connectivity index (χ2v) is 5.77. The Morgan fingerprint density at radius 3 is 2.63 bits per heavy atom. The predicted molar refractivity (Wildman–Crippen MR) is 75.7 cm³/mol. The Kier molecular flexibility index (Phi) is 3.83. The van der Waals surface area contributed by atoms with Crippen molar-refractivity contribution in [3.8, 4) is 0 Å². The normalized spacial score (nSPS) is 16.4. The lowest BCUT2D eigenvalue weighted by Gasteiger charge is -2.15. The number of aryl methyl sites for hydroxylation is 1. The van der Waals surface area contributed by atoms with Gasteiger partial charge >= 0.3 is 0 Å². The van der Waals surface area contributed by atoms with E-state index >= 15 is 0 Å². The zero-order valence-corrected chi connectivity index (χ0v) is 12.1. The van der Waals surface area contributed by atoms with Crippen LogP contribution in [-0.2, 0) is 11.3 Å². The van der Waals surface area contributed by atoms with E-state index in [0.717, 1.165) is 17.9 Å². The van der Waals surface area contributed by atoms with Crippen molar-refractivity contribution in [2.75, 3.05) is 12.3 Å². The first kappa shape index (κ1) is 13.9. The third kappa shape index (κ3) is 3.08. The summed E-state index contributed by atoms with van der Waals surface area (Å²) in [5.41, 5.74) is 8.57. The molecule has 0 aromatic carbocycles. The summed E-state index contributed by atoms with van der Waals surface area (Å²) in [4.78, 5) is 12.0. The Balaban J connectivity index is 1.86. The highest BCUT2D eigenvalue weighted by Crippen LogP contribution is 2.48. The summed E-state index contributed by atoms with van der Waals surface area (Å²) >= 11 is 0. The number of rotatable bonds is 6. The van der Waals surface area contributed by atoms with Crippen LogP contribution >= 0.6 is 0 Å². The van der Waals surface area contributed by atoms with E-state index in [1.54, 1.807) is 4.68 Å². The van der Waals surface area contributed by atoms with Crippen molar-refractivity contribution in [2.45, 2.75) is 53.0 Å². The number of carbonyl (C=O) groups is 1. The van der Waals surface area contributed by atoms with Gasteiger partial charge in [0.1, 0.15) is 6.54 Å². The smallest absolute Gasteiger partial charge is 0.241 e. The van der Waals surface area contributed by atoms with Gasteiger partial charge in [0.05, 0.1) is 17.1 Å². The molecule has 0 spiro atoms. The van der Waals surface area contributed by atoms with Gasteiger partial charge in [-0.25, -0.2) is 0 Å². The number of aromatic nitrogens is 2. The number of hydrogen-bond acceptors (Lipinski definition) is 3. The Labute approximate surface area is 114 Å². The van der Waals surface area contributed by atoms with Crippen LogP contribution in [0.3, 0.4) is 0 Å². The van der Waals surface area contributed by atoms with Gasteiger partial charge in [0.15, 0.2) is 0 Å². The molecule has 1 fully saturated rings. The monoisotopic (exact) mass is 264 g/mol. The van der Waals surface area contributed by atoms with E-state index in [1.807, 2.05) is 13.8 Å². The van der Waals surface area contributed by atoms with Crippen LogP contribution in [-0.4, -0.2) is 22.2 Å². The summed E-state index contributed by atoms with van der Waals surface area (Å²) < 4.78 is 1.68. The molecule has 19 heavy (non-hydrogen) atoms. The zero-order chi connectivity index (χ0) is 14.0. The maximum atomic E-state index is 12.0. The van der Waals surface area contributed by atoms with E-state index in [0.29, 0.717) is 11.1 Å². The minimum Gasteiger partial charge on any atom is -0.396 e. The number of hydrogen-bond donors (Lipinski definition) is 2. The van der Waals surface area contributed by atoms with Crippen LogP contribution in [0.1, 0.15) is 44.0 Å². The molecule has 0 unspecified atom stereocenters. The van der Waals surface area contributed by atoms with Crippen LogP contribution in [0.25, 0.3) is 0 Å². The number of carbonyl (C=O) groups excluding carboxylic acids is 1. The largest absolute Gasteiger partial charge is 0.396 e. The standard InChI is InChI=1S/C14H24N4O/c1-4-5-14(6-7-14)9-16-12(19)8-18-11(3)13(15)10(2)17-18/h4-9,15H2,1-3H3,(H,16,19). The zero-order valence-electron chi connectivity index (χ0n) is 12.1. The van der Waals surface area contributed by atoms with E-state index in [4.69, 9.17) is 5.73 Å². The van der Waals surface area contributed by atoms with Gasteiger partial charge in [-0.1, -0.05) is 13.3 Å². The van der Waals surface area contributed by atoms with Crippen LogP contribution < -0.4 is 11.1 Å². The van der Waals surface area contributed by atoms with Gasteiger partial charge in [0, 0.05) is 6.54 Å². The fraction of sp³-hybridized carbons (Fsp3) is 0.714. The maximum absolute atomic E-state index is 12.0. The summed E-state index contributed by atoms with van der Waals surface area (Å²) in [6.45, 7) is 7.00. The first-order valence-corrected chi connectivity index (χ1v) is 7.03. The molecular formula is C14H24N4O. The van der Waals surface area contributed by atoms with Gasteiger partial charge in [-0.05, 0) is 38.5 Å². The molecule has 0 saturated heterocycles. The van der Waals surface area contributed by atoms with Gasteiger partial charge in [0.25, 0.3) is 0 Å². The molecule has 1 aliphatic carbocycles. The lowest BCUT2D eigenvalue weighted by atomic mass is 10.0. The summed E-state index contributed by atoms with van der Waals surface area (Å²) in [5, 5.41) is 7.31. The Morgan fingerprint density at radius 2 is 2.16 bits per heavy atom. The Hall–Kier alpha value is -1.52. The molecule has 1 amide bonds. The highest BCUT2D eigenvalue weighted by atomic mass is 16.2. The molecule has 1 aromatic rings. The van der Waals surface area contributed by atoms with E-state index < -0.39 is 0 Å². The molecule has 1 heterocycles.